The van der Waals surface area contributed by atoms with Gasteiger partial charge in [-0.3, -0.25) is 0 Å². The highest BCUT2D eigenvalue weighted by Gasteiger charge is 2.32. The molecule has 0 N–H and O–H groups in total. The Hall–Kier alpha value is -5.10. The quantitative estimate of drug-likeness (QED) is 0.0869. The van der Waals surface area contributed by atoms with Crippen molar-refractivity contribution in [3.63, 3.8) is 0 Å². The Morgan fingerprint density at radius 2 is 0.735 bits per heavy atom. The van der Waals surface area contributed by atoms with Gasteiger partial charge in [0, 0.05) is 0 Å². The van der Waals surface area contributed by atoms with Crippen LogP contribution in [0.5, 0.6) is 11.5 Å². The van der Waals surface area contributed by atoms with Crippen LogP contribution in [-0.4, -0.2) is 12.2 Å². The van der Waals surface area contributed by atoms with Crippen molar-refractivity contribution in [2.75, 3.05) is 0 Å². The number of nitrogens with zero attached hydrogens (tertiary/aromatic N) is 2. The average molecular weight is 687 g/mol. The monoisotopic (exact) mass is 686 g/mol. The summed E-state index contributed by atoms with van der Waals surface area (Å²) in [6.45, 7) is 0. The van der Waals surface area contributed by atoms with Crippen molar-refractivity contribution in [3.05, 3.63) is 107 Å². The number of alkyl halides is 4. The minimum Gasteiger partial charge on any atom is -0.433 e. The van der Waals surface area contributed by atoms with Crippen LogP contribution in [0.2, 0.25) is 0 Å². The summed E-state index contributed by atoms with van der Waals surface area (Å²) in [4.78, 5) is 0. The summed E-state index contributed by atoms with van der Waals surface area (Å²) < 4.78 is 123. The van der Waals surface area contributed by atoms with Gasteiger partial charge in [-0.1, -0.05) is 56.4 Å². The number of nitriles is 2. The first-order chi connectivity index (χ1) is 23.3. The van der Waals surface area contributed by atoms with E-state index in [2.05, 4.69) is 0 Å². The van der Waals surface area contributed by atoms with Crippen molar-refractivity contribution in [2.45, 2.75) is 70.0 Å². The molecule has 0 bridgehead atoms. The number of hydrogen-bond acceptors (Lipinski definition) is 4. The van der Waals surface area contributed by atoms with Crippen LogP contribution in [0, 0.1) is 45.9 Å². The summed E-state index contributed by atoms with van der Waals surface area (Å²) in [6, 6.07) is 17.3. The molecule has 0 unspecified atom stereocenters. The summed E-state index contributed by atoms with van der Waals surface area (Å²) in [6.07, 6.45) is -4.69. The molecule has 0 fully saturated rings. The van der Waals surface area contributed by atoms with Crippen LogP contribution in [0.3, 0.4) is 0 Å². The number of benzene rings is 4. The second-order valence-corrected chi connectivity index (χ2v) is 11.4. The van der Waals surface area contributed by atoms with Crippen molar-refractivity contribution in [1.82, 2.24) is 0 Å². The molecule has 0 amide bonds. The summed E-state index contributed by atoms with van der Waals surface area (Å²) >= 11 is 0. The Labute approximate surface area is 278 Å². The molecule has 4 aromatic rings. The van der Waals surface area contributed by atoms with Crippen molar-refractivity contribution in [3.8, 4) is 45.9 Å². The van der Waals surface area contributed by atoms with Crippen LogP contribution in [0.25, 0.3) is 22.3 Å². The van der Waals surface area contributed by atoms with E-state index in [9.17, 15) is 35.1 Å². The predicted molar refractivity (Wildman–Crippen MR) is 166 cm³/mol. The van der Waals surface area contributed by atoms with Gasteiger partial charge in [0.05, 0.1) is 12.8 Å². The fourth-order valence-corrected chi connectivity index (χ4v) is 5.12. The highest BCUT2D eigenvalue weighted by Crippen LogP contribution is 2.32. The van der Waals surface area contributed by atoms with Gasteiger partial charge in [0.15, 0.2) is 0 Å². The predicted octanol–water partition coefficient (Wildman–Crippen LogP) is 11.5. The van der Waals surface area contributed by atoms with Crippen LogP contribution in [0.4, 0.5) is 35.1 Å². The van der Waals surface area contributed by atoms with Crippen LogP contribution in [-0.2, 0) is 0 Å². The molecule has 4 aromatic carbocycles. The molecular weight excluding hydrogens is 656 g/mol. The first-order valence-corrected chi connectivity index (χ1v) is 15.4. The van der Waals surface area contributed by atoms with Gasteiger partial charge >= 0.3 is 12.2 Å². The van der Waals surface area contributed by atoms with Crippen molar-refractivity contribution >= 4 is 0 Å². The number of halogens is 8. The zero-order chi connectivity index (χ0) is 35.6. The maximum absolute atomic E-state index is 14.3. The molecule has 0 aromatic heterocycles. The maximum Gasteiger partial charge on any atom is 0.397 e. The second-order valence-electron chi connectivity index (χ2n) is 11.4. The lowest BCUT2D eigenvalue weighted by atomic mass is 10.0. The van der Waals surface area contributed by atoms with Crippen LogP contribution >= 0.6 is 0 Å². The molecule has 49 heavy (non-hydrogen) atoms. The van der Waals surface area contributed by atoms with Gasteiger partial charge < -0.3 is 9.47 Å². The van der Waals surface area contributed by atoms with E-state index in [0.29, 0.717) is 43.2 Å². The van der Waals surface area contributed by atoms with E-state index >= 15 is 0 Å². The standard InChI is InChI=1S/C37H30F8N2O2/c38-32-18-26(19-33(39)30(32)22-46)24-8-12-28(13-9-24)48-36(42,43)16-6-4-2-1-3-5-7-17-37(44,45)49-29-14-10-25(11-15-29)27-20-34(40)31(23-47)35(41)21-27/h8-15,18-21H,1-7,16-17H2. The average Bonchev–Trinajstić information content (AvgIpc) is 3.04. The van der Waals surface area contributed by atoms with Gasteiger partial charge in [-0.15, -0.1) is 0 Å². The van der Waals surface area contributed by atoms with E-state index < -0.39 is 59.5 Å². The number of unbranched alkanes of at least 4 members (excludes halogenated alkanes) is 6. The van der Waals surface area contributed by atoms with Gasteiger partial charge in [-0.2, -0.15) is 28.1 Å². The van der Waals surface area contributed by atoms with Crippen molar-refractivity contribution < 1.29 is 44.6 Å². The van der Waals surface area contributed by atoms with Gasteiger partial charge in [0.1, 0.15) is 58.0 Å². The second kappa shape index (κ2) is 16.3. The lowest BCUT2D eigenvalue weighted by Crippen LogP contribution is -2.24. The van der Waals surface area contributed by atoms with Crippen molar-refractivity contribution in [2.24, 2.45) is 0 Å². The zero-order valence-electron chi connectivity index (χ0n) is 26.0. The molecule has 0 saturated heterocycles. The number of hydrogen-bond donors (Lipinski definition) is 0. The lowest BCUT2D eigenvalue weighted by Gasteiger charge is -2.18. The van der Waals surface area contributed by atoms with Gasteiger partial charge in [-0.05, 0) is 83.6 Å². The maximum atomic E-state index is 14.3. The van der Waals surface area contributed by atoms with Crippen molar-refractivity contribution in [1.29, 1.82) is 10.5 Å². The summed E-state index contributed by atoms with van der Waals surface area (Å²) in [5.74, 6) is -4.36. The van der Waals surface area contributed by atoms with Gasteiger partial charge in [-0.25, -0.2) is 17.6 Å². The Morgan fingerprint density at radius 3 is 1.02 bits per heavy atom. The molecule has 12 heteroatoms. The van der Waals surface area contributed by atoms with Gasteiger partial charge in [0.25, 0.3) is 0 Å². The van der Waals surface area contributed by atoms with Crippen LogP contribution < -0.4 is 9.47 Å². The highest BCUT2D eigenvalue weighted by molar-refractivity contribution is 5.66. The molecule has 0 saturated carbocycles. The van der Waals surface area contributed by atoms with Crippen LogP contribution in [0.15, 0.2) is 72.8 Å². The largest absolute Gasteiger partial charge is 0.433 e. The fraction of sp³-hybridized carbons (Fsp3) is 0.297. The highest BCUT2D eigenvalue weighted by atomic mass is 19.3. The lowest BCUT2D eigenvalue weighted by molar-refractivity contribution is -0.182. The summed E-state index contributed by atoms with van der Waals surface area (Å²) in [5.41, 5.74) is -0.447. The Balaban J connectivity index is 1.11. The molecule has 0 heterocycles. The molecular formula is C37H30F8N2O2. The number of rotatable bonds is 16. The fourth-order valence-electron chi connectivity index (χ4n) is 5.12. The Morgan fingerprint density at radius 1 is 0.449 bits per heavy atom. The third-order valence-electron chi connectivity index (χ3n) is 7.65. The molecule has 0 aliphatic carbocycles. The third-order valence-corrected chi connectivity index (χ3v) is 7.65. The van der Waals surface area contributed by atoms with E-state index in [4.69, 9.17) is 20.0 Å². The molecule has 0 aliphatic heterocycles. The van der Waals surface area contributed by atoms with Crippen LogP contribution in [0.1, 0.15) is 68.9 Å². The topological polar surface area (TPSA) is 66.0 Å². The minimum atomic E-state index is -3.44. The van der Waals surface area contributed by atoms with E-state index in [1.807, 2.05) is 0 Å². The smallest absolute Gasteiger partial charge is 0.397 e. The molecule has 256 valence electrons. The summed E-state index contributed by atoms with van der Waals surface area (Å²) in [7, 11) is 0. The molecule has 0 atom stereocenters. The third kappa shape index (κ3) is 10.4. The molecule has 4 nitrogen and oxygen atoms in total. The Bertz CT molecular complexity index is 1640. The molecule has 0 spiro atoms. The molecule has 4 rings (SSSR count). The first kappa shape index (κ1) is 36.7. The van der Waals surface area contributed by atoms with E-state index in [0.717, 1.165) is 24.3 Å². The molecule has 0 aliphatic rings. The summed E-state index contributed by atoms with van der Waals surface area (Å²) in [5, 5.41) is 17.6. The zero-order valence-corrected chi connectivity index (χ0v) is 26.0. The SMILES string of the molecule is N#Cc1c(F)cc(-c2ccc(OC(F)(F)CCCCCCCCCC(F)(F)Oc3ccc(-c4cc(F)c(C#N)c(F)c4)cc3)cc2)cc1F. The normalized spacial score (nSPS) is 11.6. The molecule has 0 radical (unpaired) electrons. The van der Waals surface area contributed by atoms with E-state index in [-0.39, 0.29) is 35.5 Å². The number of ether oxygens (including phenoxy) is 2. The minimum absolute atomic E-state index is 0.127. The van der Waals surface area contributed by atoms with Gasteiger partial charge in [0.2, 0.25) is 0 Å². The van der Waals surface area contributed by atoms with E-state index in [1.165, 1.54) is 60.7 Å². The van der Waals surface area contributed by atoms with E-state index in [1.54, 1.807) is 0 Å². The first-order valence-electron chi connectivity index (χ1n) is 15.4. The Kier molecular flexibility index (Phi) is 12.2.